The number of nitrogens with zero attached hydrogens (tertiary/aromatic N) is 2. The third kappa shape index (κ3) is 2.99. The van der Waals surface area contributed by atoms with Crippen LogP contribution in [0.3, 0.4) is 0 Å². The first kappa shape index (κ1) is 14.1. The quantitative estimate of drug-likeness (QED) is 0.786. The van der Waals surface area contributed by atoms with Gasteiger partial charge in [-0.25, -0.2) is 8.78 Å². The summed E-state index contributed by atoms with van der Waals surface area (Å²) in [5.41, 5.74) is 0.777. The van der Waals surface area contributed by atoms with Crippen LogP contribution in [-0.2, 0) is 6.54 Å². The Morgan fingerprint density at radius 1 is 1.20 bits per heavy atom. The summed E-state index contributed by atoms with van der Waals surface area (Å²) in [6, 6.07) is 5.66. The van der Waals surface area contributed by atoms with E-state index in [0.29, 0.717) is 19.4 Å². The molecule has 1 aromatic carbocycles. The Morgan fingerprint density at radius 3 is 2.30 bits per heavy atom. The zero-order valence-electron chi connectivity index (χ0n) is 11.0. The minimum absolute atomic E-state index is 0.0104. The number of rotatable bonds is 5. The number of carbonyl (C=O) groups is 1. The predicted octanol–water partition coefficient (Wildman–Crippen LogP) is 3.20. The van der Waals surface area contributed by atoms with Gasteiger partial charge in [-0.2, -0.15) is 0 Å². The van der Waals surface area contributed by atoms with E-state index in [9.17, 15) is 13.6 Å². The summed E-state index contributed by atoms with van der Waals surface area (Å²) in [5, 5.41) is 0. The lowest BCUT2D eigenvalue weighted by Gasteiger charge is -2.24. The van der Waals surface area contributed by atoms with Crippen LogP contribution in [0.2, 0.25) is 0 Å². The summed E-state index contributed by atoms with van der Waals surface area (Å²) in [5.74, 6) is -1.47. The monoisotopic (exact) mass is 276 g/mol. The van der Waals surface area contributed by atoms with Gasteiger partial charge in [0.25, 0.3) is 0 Å². The summed E-state index contributed by atoms with van der Waals surface area (Å²) < 4.78 is 28.0. The van der Waals surface area contributed by atoms with E-state index in [4.69, 9.17) is 0 Å². The topological polar surface area (TPSA) is 33.2 Å². The van der Waals surface area contributed by atoms with Gasteiger partial charge in [0.15, 0.2) is 0 Å². The van der Waals surface area contributed by atoms with Crippen LogP contribution >= 0.6 is 0 Å². The van der Waals surface area contributed by atoms with E-state index in [2.05, 4.69) is 4.98 Å². The van der Waals surface area contributed by atoms with Gasteiger partial charge in [0.05, 0.1) is 0 Å². The molecule has 0 bridgehead atoms. The van der Waals surface area contributed by atoms with Crippen molar-refractivity contribution in [2.45, 2.75) is 13.5 Å². The summed E-state index contributed by atoms with van der Waals surface area (Å²) in [6.45, 7) is 2.62. The molecule has 0 N–H and O–H groups in total. The zero-order chi connectivity index (χ0) is 14.5. The lowest BCUT2D eigenvalue weighted by Crippen LogP contribution is -2.24. The number of halogens is 2. The summed E-state index contributed by atoms with van der Waals surface area (Å²) in [6.07, 6.45) is 3.69. The average molecular weight is 276 g/mol. The lowest BCUT2D eigenvalue weighted by molar-refractivity contribution is 0.112. The van der Waals surface area contributed by atoms with E-state index in [-0.39, 0.29) is 11.3 Å². The van der Waals surface area contributed by atoms with E-state index >= 15 is 0 Å². The highest BCUT2D eigenvalue weighted by Gasteiger charge is 2.17. The third-order valence-corrected chi connectivity index (χ3v) is 3.00. The van der Waals surface area contributed by atoms with Crippen LogP contribution in [0.4, 0.5) is 14.5 Å². The Kier molecular flexibility index (Phi) is 4.40. The van der Waals surface area contributed by atoms with Crippen molar-refractivity contribution in [3.63, 3.8) is 0 Å². The van der Waals surface area contributed by atoms with Gasteiger partial charge in [-0.3, -0.25) is 9.78 Å². The minimum Gasteiger partial charge on any atom is -0.363 e. The van der Waals surface area contributed by atoms with Crippen molar-refractivity contribution < 1.29 is 13.6 Å². The lowest BCUT2D eigenvalue weighted by atomic mass is 10.1. The van der Waals surface area contributed by atoms with Crippen molar-refractivity contribution in [1.29, 1.82) is 0 Å². The van der Waals surface area contributed by atoms with Crippen LogP contribution in [0.15, 0.2) is 36.7 Å². The Morgan fingerprint density at radius 2 is 1.80 bits per heavy atom. The van der Waals surface area contributed by atoms with Gasteiger partial charge in [-0.1, -0.05) is 0 Å². The molecule has 0 aliphatic heterocycles. The van der Waals surface area contributed by atoms with E-state index in [0.717, 1.165) is 17.7 Å². The maximum Gasteiger partial charge on any atom is 0.150 e. The number of hydrogen-bond donors (Lipinski definition) is 0. The van der Waals surface area contributed by atoms with Crippen molar-refractivity contribution in [1.82, 2.24) is 4.98 Å². The molecule has 1 aromatic heterocycles. The standard InChI is InChI=1S/C15H14F2N2O/c1-2-19(9-11-3-5-18-6-4-11)15-13(16)7-12(10-20)8-14(15)17/h3-8,10H,2,9H2,1H3. The van der Waals surface area contributed by atoms with E-state index in [1.165, 1.54) is 0 Å². The molecule has 1 heterocycles. The second kappa shape index (κ2) is 6.23. The molecule has 3 nitrogen and oxygen atoms in total. The molecular weight excluding hydrogens is 262 g/mol. The molecule has 20 heavy (non-hydrogen) atoms. The fourth-order valence-corrected chi connectivity index (χ4v) is 2.01. The molecule has 2 rings (SSSR count). The summed E-state index contributed by atoms with van der Waals surface area (Å²) in [4.78, 5) is 16.1. The first-order chi connectivity index (χ1) is 9.65. The fourth-order valence-electron chi connectivity index (χ4n) is 2.01. The fraction of sp³-hybridized carbons (Fsp3) is 0.200. The molecule has 0 saturated heterocycles. The Bertz CT molecular complexity index is 579. The van der Waals surface area contributed by atoms with E-state index in [1.807, 2.05) is 6.92 Å². The Balaban J connectivity index is 2.35. The highest BCUT2D eigenvalue weighted by Crippen LogP contribution is 2.26. The third-order valence-electron chi connectivity index (χ3n) is 3.00. The van der Waals surface area contributed by atoms with Crippen LogP contribution in [0.25, 0.3) is 0 Å². The first-order valence-corrected chi connectivity index (χ1v) is 6.23. The molecule has 0 saturated carbocycles. The van der Waals surface area contributed by atoms with Gasteiger partial charge in [0, 0.05) is 31.0 Å². The smallest absolute Gasteiger partial charge is 0.150 e. The molecule has 0 fully saturated rings. The number of pyridine rings is 1. The van der Waals surface area contributed by atoms with Crippen molar-refractivity contribution in [2.75, 3.05) is 11.4 Å². The number of hydrogen-bond acceptors (Lipinski definition) is 3. The van der Waals surface area contributed by atoms with E-state index < -0.39 is 11.6 Å². The van der Waals surface area contributed by atoms with Crippen molar-refractivity contribution >= 4 is 12.0 Å². The van der Waals surface area contributed by atoms with Gasteiger partial charge in [0.1, 0.15) is 23.6 Å². The molecule has 0 amide bonds. The minimum atomic E-state index is -0.733. The molecule has 0 unspecified atom stereocenters. The SMILES string of the molecule is CCN(Cc1ccncc1)c1c(F)cc(C=O)cc1F. The zero-order valence-corrected chi connectivity index (χ0v) is 11.0. The second-order valence-electron chi connectivity index (χ2n) is 4.32. The number of carbonyl (C=O) groups excluding carboxylic acids is 1. The molecule has 0 spiro atoms. The van der Waals surface area contributed by atoms with Gasteiger partial charge in [-0.05, 0) is 36.8 Å². The van der Waals surface area contributed by atoms with Gasteiger partial charge in [-0.15, -0.1) is 0 Å². The van der Waals surface area contributed by atoms with E-state index in [1.54, 1.807) is 29.4 Å². The highest BCUT2D eigenvalue weighted by molar-refractivity contribution is 5.76. The van der Waals surface area contributed by atoms with Crippen LogP contribution in [0, 0.1) is 11.6 Å². The molecule has 0 atom stereocenters. The molecule has 0 radical (unpaired) electrons. The van der Waals surface area contributed by atoms with Crippen LogP contribution in [-0.4, -0.2) is 17.8 Å². The maximum absolute atomic E-state index is 14.0. The van der Waals surface area contributed by atoms with Crippen molar-refractivity contribution in [3.8, 4) is 0 Å². The number of anilines is 1. The number of aldehydes is 1. The van der Waals surface area contributed by atoms with Gasteiger partial charge in [0.2, 0.25) is 0 Å². The molecule has 0 aliphatic rings. The van der Waals surface area contributed by atoms with Gasteiger partial charge < -0.3 is 4.90 Å². The van der Waals surface area contributed by atoms with Crippen molar-refractivity contribution in [2.24, 2.45) is 0 Å². The van der Waals surface area contributed by atoms with Crippen LogP contribution < -0.4 is 4.90 Å². The highest BCUT2D eigenvalue weighted by atomic mass is 19.1. The maximum atomic E-state index is 14.0. The Hall–Kier alpha value is -2.30. The summed E-state index contributed by atoms with van der Waals surface area (Å²) >= 11 is 0. The Labute approximate surface area is 115 Å². The normalized spacial score (nSPS) is 10.3. The first-order valence-electron chi connectivity index (χ1n) is 6.23. The van der Waals surface area contributed by atoms with Crippen LogP contribution in [0.1, 0.15) is 22.8 Å². The average Bonchev–Trinajstić information content (AvgIpc) is 2.46. The predicted molar refractivity (Wildman–Crippen MR) is 72.7 cm³/mol. The molecule has 104 valence electrons. The number of benzene rings is 1. The molecular formula is C15H14F2N2O. The summed E-state index contributed by atoms with van der Waals surface area (Å²) in [7, 11) is 0. The molecule has 2 aromatic rings. The molecule has 5 heteroatoms. The van der Waals surface area contributed by atoms with Crippen molar-refractivity contribution in [3.05, 3.63) is 59.4 Å². The molecule has 0 aliphatic carbocycles. The second-order valence-corrected chi connectivity index (χ2v) is 4.32. The van der Waals surface area contributed by atoms with Gasteiger partial charge >= 0.3 is 0 Å². The number of aromatic nitrogens is 1. The largest absolute Gasteiger partial charge is 0.363 e. The van der Waals surface area contributed by atoms with Crippen LogP contribution in [0.5, 0.6) is 0 Å².